The van der Waals surface area contributed by atoms with Gasteiger partial charge in [-0.3, -0.25) is 13.8 Å². The van der Waals surface area contributed by atoms with Crippen LogP contribution in [-0.4, -0.2) is 84.6 Å². The number of hydrogen-bond acceptors (Lipinski definition) is 6. The molecule has 0 bridgehead atoms. The summed E-state index contributed by atoms with van der Waals surface area (Å²) in [7, 11) is 1.42. The number of nitrogens with zero attached hydrogens (tertiary/aromatic N) is 1. The number of allylic oxidation sites excluding steroid dienone is 8. The van der Waals surface area contributed by atoms with Gasteiger partial charge in [0.15, 0.2) is 0 Å². The summed E-state index contributed by atoms with van der Waals surface area (Å²) in [6, 6.07) is -1.04. The van der Waals surface area contributed by atoms with Crippen molar-refractivity contribution in [2.24, 2.45) is 0 Å². The number of aliphatic hydroxyl groups excluding tert-OH is 2. The first-order valence-corrected chi connectivity index (χ1v) is 23.6. The molecule has 0 aliphatic rings. The van der Waals surface area contributed by atoms with Crippen molar-refractivity contribution in [2.45, 2.75) is 193 Å². The van der Waals surface area contributed by atoms with E-state index in [1.165, 1.54) is 57.8 Å². The van der Waals surface area contributed by atoms with Crippen LogP contribution < -0.4 is 5.32 Å². The Bertz CT molecular complexity index is 1060. The Morgan fingerprint density at radius 3 is 1.65 bits per heavy atom. The number of phosphoric ester groups is 1. The van der Waals surface area contributed by atoms with E-state index in [0.717, 1.165) is 83.5 Å². The number of likely N-dealkylation sites (N-methyl/N-ethyl adjacent to an activating group) is 1. The van der Waals surface area contributed by atoms with Crippen LogP contribution in [-0.2, 0) is 18.4 Å². The molecular formula is C45H86N2O7P+. The Morgan fingerprint density at radius 2 is 1.13 bits per heavy atom. The number of amides is 1. The van der Waals surface area contributed by atoms with Crippen molar-refractivity contribution in [3.63, 3.8) is 0 Å². The highest BCUT2D eigenvalue weighted by molar-refractivity contribution is 7.47. The van der Waals surface area contributed by atoms with E-state index in [1.807, 2.05) is 21.1 Å². The third-order valence-electron chi connectivity index (χ3n) is 9.68. The molecule has 4 atom stereocenters. The molecule has 9 nitrogen and oxygen atoms in total. The molecule has 0 radical (unpaired) electrons. The molecule has 322 valence electrons. The minimum Gasteiger partial charge on any atom is -0.390 e. The average Bonchev–Trinajstić information content (AvgIpc) is 3.13. The lowest BCUT2D eigenvalue weighted by Gasteiger charge is -2.28. The minimum atomic E-state index is -4.42. The van der Waals surface area contributed by atoms with E-state index in [2.05, 4.69) is 67.8 Å². The van der Waals surface area contributed by atoms with Gasteiger partial charge in [-0.15, -0.1) is 0 Å². The number of aliphatic hydroxyl groups is 2. The van der Waals surface area contributed by atoms with E-state index in [0.29, 0.717) is 23.9 Å². The van der Waals surface area contributed by atoms with Crippen LogP contribution >= 0.6 is 7.82 Å². The fourth-order valence-electron chi connectivity index (χ4n) is 6.13. The van der Waals surface area contributed by atoms with E-state index in [9.17, 15) is 24.5 Å². The van der Waals surface area contributed by atoms with Gasteiger partial charge in [-0.25, -0.2) is 4.57 Å². The van der Waals surface area contributed by atoms with Gasteiger partial charge < -0.3 is 24.9 Å². The average molecular weight is 798 g/mol. The highest BCUT2D eigenvalue weighted by Crippen LogP contribution is 2.43. The van der Waals surface area contributed by atoms with Crippen molar-refractivity contribution in [1.82, 2.24) is 5.32 Å². The largest absolute Gasteiger partial charge is 0.472 e. The third-order valence-corrected chi connectivity index (χ3v) is 10.7. The summed E-state index contributed by atoms with van der Waals surface area (Å²) in [4.78, 5) is 23.2. The standard InChI is InChI=1S/C45H85N2O7P/c1-6-8-10-12-14-16-18-20-21-22-23-24-25-26-28-30-32-34-36-38-44(49)46-42(41-54-55(51,52)53-40-39-47(3,4)5)45(50)43(48)37-35-33-31-29-27-19-17-15-13-11-9-7-2/h8,10,14,16,20-21,23-24,42-43,45,48,50H,6-7,9,11-13,15,17-19,22,25-41H2,1-5H3,(H-,46,49,51,52)/p+1/b10-8-,16-14-,21-20-,24-23-. The monoisotopic (exact) mass is 798 g/mol. The zero-order chi connectivity index (χ0) is 40.9. The number of phosphoric acid groups is 1. The fraction of sp³-hybridized carbons (Fsp3) is 0.800. The third kappa shape index (κ3) is 37.7. The number of quaternary nitrogens is 1. The van der Waals surface area contributed by atoms with Gasteiger partial charge in [0.2, 0.25) is 5.91 Å². The van der Waals surface area contributed by atoms with E-state index in [-0.39, 0.29) is 18.9 Å². The molecule has 4 N–H and O–H groups in total. The van der Waals surface area contributed by atoms with Gasteiger partial charge in [-0.05, 0) is 51.4 Å². The van der Waals surface area contributed by atoms with Gasteiger partial charge in [-0.1, -0.05) is 165 Å². The number of carbonyl (C=O) groups excluding carboxylic acids is 1. The highest BCUT2D eigenvalue weighted by atomic mass is 31.2. The molecule has 0 aliphatic carbocycles. The van der Waals surface area contributed by atoms with E-state index >= 15 is 0 Å². The first-order valence-electron chi connectivity index (χ1n) is 22.1. The van der Waals surface area contributed by atoms with E-state index in [4.69, 9.17) is 9.05 Å². The van der Waals surface area contributed by atoms with Crippen LogP contribution in [0.5, 0.6) is 0 Å². The molecule has 55 heavy (non-hydrogen) atoms. The van der Waals surface area contributed by atoms with Crippen molar-refractivity contribution in [2.75, 3.05) is 40.9 Å². The maximum Gasteiger partial charge on any atom is 0.472 e. The molecule has 0 aromatic rings. The Morgan fingerprint density at radius 1 is 0.655 bits per heavy atom. The summed E-state index contributed by atoms with van der Waals surface area (Å²) in [5.41, 5.74) is 0. The number of unbranched alkanes of at least 4 members (excludes halogenated alkanes) is 17. The number of rotatable bonds is 39. The van der Waals surface area contributed by atoms with Crippen LogP contribution in [0.15, 0.2) is 48.6 Å². The van der Waals surface area contributed by atoms with Gasteiger partial charge in [0.25, 0.3) is 0 Å². The molecule has 0 rings (SSSR count). The summed E-state index contributed by atoms with van der Waals surface area (Å²) in [6.07, 6.45) is 41.6. The Labute approximate surface area is 338 Å². The molecule has 0 fully saturated rings. The van der Waals surface area contributed by atoms with Gasteiger partial charge in [0.05, 0.1) is 39.9 Å². The highest BCUT2D eigenvalue weighted by Gasteiger charge is 2.31. The summed E-state index contributed by atoms with van der Waals surface area (Å²) in [6.45, 7) is 4.46. The molecular weight excluding hydrogens is 711 g/mol. The van der Waals surface area contributed by atoms with Crippen LogP contribution in [0.4, 0.5) is 0 Å². The zero-order valence-corrected chi connectivity index (χ0v) is 36.9. The Kier molecular flexibility index (Phi) is 35.7. The second kappa shape index (κ2) is 36.7. The molecule has 0 aromatic heterocycles. The van der Waals surface area contributed by atoms with Crippen LogP contribution in [0.1, 0.15) is 174 Å². The molecule has 0 heterocycles. The first kappa shape index (κ1) is 53.4. The summed E-state index contributed by atoms with van der Waals surface area (Å²) < 4.78 is 23.5. The quantitative estimate of drug-likeness (QED) is 0.0211. The van der Waals surface area contributed by atoms with Crippen molar-refractivity contribution in [3.8, 4) is 0 Å². The maximum absolute atomic E-state index is 12.9. The normalized spacial score (nSPS) is 15.4. The number of carbonyl (C=O) groups is 1. The van der Waals surface area contributed by atoms with E-state index < -0.39 is 32.7 Å². The van der Waals surface area contributed by atoms with Crippen molar-refractivity contribution in [1.29, 1.82) is 0 Å². The van der Waals surface area contributed by atoms with Crippen molar-refractivity contribution < 1.29 is 38.0 Å². The molecule has 0 saturated heterocycles. The molecule has 0 spiro atoms. The molecule has 0 saturated carbocycles. The first-order chi connectivity index (χ1) is 26.4. The summed E-state index contributed by atoms with van der Waals surface area (Å²) in [5, 5.41) is 24.7. The second-order valence-electron chi connectivity index (χ2n) is 16.2. The van der Waals surface area contributed by atoms with Crippen LogP contribution in [0.25, 0.3) is 0 Å². The minimum absolute atomic E-state index is 0.0167. The maximum atomic E-state index is 12.9. The van der Waals surface area contributed by atoms with Gasteiger partial charge in [-0.2, -0.15) is 0 Å². The molecule has 0 aliphatic heterocycles. The van der Waals surface area contributed by atoms with Crippen molar-refractivity contribution >= 4 is 13.7 Å². The predicted molar refractivity (Wildman–Crippen MR) is 232 cm³/mol. The molecule has 4 unspecified atom stereocenters. The fourth-order valence-corrected chi connectivity index (χ4v) is 6.87. The van der Waals surface area contributed by atoms with Crippen molar-refractivity contribution in [3.05, 3.63) is 48.6 Å². The van der Waals surface area contributed by atoms with Gasteiger partial charge >= 0.3 is 7.82 Å². The summed E-state index contributed by atoms with van der Waals surface area (Å²) >= 11 is 0. The summed E-state index contributed by atoms with van der Waals surface area (Å²) in [5.74, 6) is -0.275. The van der Waals surface area contributed by atoms with Crippen LogP contribution in [0.3, 0.4) is 0 Å². The van der Waals surface area contributed by atoms with Crippen LogP contribution in [0, 0.1) is 0 Å². The second-order valence-corrected chi connectivity index (χ2v) is 17.6. The lowest BCUT2D eigenvalue weighted by Crippen LogP contribution is -2.51. The van der Waals surface area contributed by atoms with Gasteiger partial charge in [0.1, 0.15) is 19.3 Å². The number of nitrogens with one attached hydrogen (secondary N) is 1. The molecule has 10 heteroatoms. The van der Waals surface area contributed by atoms with E-state index in [1.54, 1.807) is 0 Å². The molecule has 1 amide bonds. The molecule has 0 aromatic carbocycles. The smallest absolute Gasteiger partial charge is 0.390 e. The Balaban J connectivity index is 4.52. The topological polar surface area (TPSA) is 125 Å². The van der Waals surface area contributed by atoms with Gasteiger partial charge in [0, 0.05) is 6.42 Å². The lowest BCUT2D eigenvalue weighted by atomic mass is 9.99. The Hall–Kier alpha value is -1.58. The number of hydrogen-bond donors (Lipinski definition) is 4. The SMILES string of the molecule is CC/C=C\C/C=C\C/C=C\C/C=C\CCCCCCCCC(=O)NC(COP(=O)(O)OCC[N+](C)(C)C)C(O)C(O)CCCCCCCCCCCCCC. The predicted octanol–water partition coefficient (Wildman–Crippen LogP) is 11.0. The van der Waals surface area contributed by atoms with Crippen LogP contribution in [0.2, 0.25) is 0 Å². The lowest BCUT2D eigenvalue weighted by molar-refractivity contribution is -0.870. The zero-order valence-electron chi connectivity index (χ0n) is 36.0.